The number of Topliss-reactive ketones (excluding diaryl/α,β-unsaturated/α-hetero) is 1. The second-order valence-electron chi connectivity index (χ2n) is 8.15. The summed E-state index contributed by atoms with van der Waals surface area (Å²) in [5.74, 6) is -2.19. The zero-order valence-electron chi connectivity index (χ0n) is 18.6. The first-order chi connectivity index (χ1) is 15.8. The SMILES string of the molecule is Cc1nc(-c2ccccc2)sc1C(=O)C1=C(O)C(=O)N(CCN(C)C)[C@H]1c1cccc(F)c1. The largest absolute Gasteiger partial charge is 0.503 e. The van der Waals surface area contributed by atoms with Crippen LogP contribution in [0.15, 0.2) is 65.9 Å². The van der Waals surface area contributed by atoms with E-state index in [0.29, 0.717) is 27.7 Å². The van der Waals surface area contributed by atoms with Gasteiger partial charge in [0.25, 0.3) is 5.91 Å². The fraction of sp³-hybridized carbons (Fsp3) is 0.240. The van der Waals surface area contributed by atoms with E-state index in [4.69, 9.17) is 0 Å². The van der Waals surface area contributed by atoms with Crippen molar-refractivity contribution in [3.8, 4) is 10.6 Å². The maximum Gasteiger partial charge on any atom is 0.290 e. The van der Waals surface area contributed by atoms with Crippen LogP contribution in [0.2, 0.25) is 0 Å². The van der Waals surface area contributed by atoms with Crippen LogP contribution >= 0.6 is 11.3 Å². The molecule has 8 heteroatoms. The number of aromatic nitrogens is 1. The van der Waals surface area contributed by atoms with E-state index < -0.39 is 29.3 Å². The minimum atomic E-state index is -0.887. The molecule has 0 unspecified atom stereocenters. The molecular weight excluding hydrogens is 441 g/mol. The topological polar surface area (TPSA) is 73.7 Å². The molecule has 0 radical (unpaired) electrons. The minimum absolute atomic E-state index is 0.0456. The van der Waals surface area contributed by atoms with Crippen LogP contribution in [0.5, 0.6) is 0 Å². The van der Waals surface area contributed by atoms with E-state index in [1.54, 1.807) is 13.0 Å². The van der Waals surface area contributed by atoms with E-state index in [0.717, 1.165) is 5.56 Å². The molecule has 0 spiro atoms. The summed E-state index contributed by atoms with van der Waals surface area (Å²) in [5, 5.41) is 11.5. The molecule has 1 amide bonds. The standard InChI is InChI=1S/C25H24FN3O3S/c1-15-23(33-24(27-15)16-8-5-4-6-9-16)21(30)19-20(17-10-7-11-18(26)14-17)29(13-12-28(2)3)25(32)22(19)31/h4-11,14,20,31H,12-13H2,1-3H3/t20-/m0/s1. The summed E-state index contributed by atoms with van der Waals surface area (Å²) < 4.78 is 14.1. The highest BCUT2D eigenvalue weighted by molar-refractivity contribution is 7.17. The molecule has 3 aromatic rings. The monoisotopic (exact) mass is 465 g/mol. The van der Waals surface area contributed by atoms with E-state index in [9.17, 15) is 19.1 Å². The quantitative estimate of drug-likeness (QED) is 0.524. The Morgan fingerprint density at radius 3 is 2.58 bits per heavy atom. The van der Waals surface area contributed by atoms with Crippen molar-refractivity contribution in [3.63, 3.8) is 0 Å². The van der Waals surface area contributed by atoms with Crippen LogP contribution in [0.1, 0.15) is 27.0 Å². The summed E-state index contributed by atoms with van der Waals surface area (Å²) in [6, 6.07) is 14.4. The van der Waals surface area contributed by atoms with Gasteiger partial charge in [-0.2, -0.15) is 0 Å². The van der Waals surface area contributed by atoms with Crippen molar-refractivity contribution in [1.29, 1.82) is 0 Å². The van der Waals surface area contributed by atoms with Crippen molar-refractivity contribution in [1.82, 2.24) is 14.8 Å². The van der Waals surface area contributed by atoms with Crippen molar-refractivity contribution in [3.05, 3.63) is 87.9 Å². The second-order valence-corrected chi connectivity index (χ2v) is 9.15. The van der Waals surface area contributed by atoms with Crippen LogP contribution in [0.4, 0.5) is 4.39 Å². The number of ketones is 1. The highest BCUT2D eigenvalue weighted by atomic mass is 32.1. The molecule has 0 saturated carbocycles. The van der Waals surface area contributed by atoms with Crippen LogP contribution in [0.3, 0.4) is 0 Å². The van der Waals surface area contributed by atoms with Gasteiger partial charge in [0.05, 0.1) is 22.2 Å². The summed E-state index contributed by atoms with van der Waals surface area (Å²) in [6.45, 7) is 2.51. The number of carbonyl (C=O) groups is 2. The van der Waals surface area contributed by atoms with Crippen molar-refractivity contribution >= 4 is 23.0 Å². The molecule has 1 atom stereocenters. The molecule has 0 fully saturated rings. The number of carbonyl (C=O) groups excluding carboxylic acids is 2. The molecule has 170 valence electrons. The van der Waals surface area contributed by atoms with Crippen LogP contribution in [-0.4, -0.2) is 58.8 Å². The lowest BCUT2D eigenvalue weighted by atomic mass is 9.95. The third-order valence-electron chi connectivity index (χ3n) is 5.52. The number of nitrogens with zero attached hydrogens (tertiary/aromatic N) is 3. The lowest BCUT2D eigenvalue weighted by Gasteiger charge is -2.28. The molecule has 0 saturated heterocycles. The molecule has 2 aromatic carbocycles. The molecule has 1 aliphatic rings. The minimum Gasteiger partial charge on any atom is -0.503 e. The Hall–Kier alpha value is -3.36. The van der Waals surface area contributed by atoms with Gasteiger partial charge in [-0.25, -0.2) is 9.37 Å². The van der Waals surface area contributed by atoms with Gasteiger partial charge in [-0.1, -0.05) is 42.5 Å². The molecule has 2 heterocycles. The summed E-state index contributed by atoms with van der Waals surface area (Å²) in [6.07, 6.45) is 0. The number of benzene rings is 2. The summed E-state index contributed by atoms with van der Waals surface area (Å²) >= 11 is 1.21. The van der Waals surface area contributed by atoms with Gasteiger partial charge >= 0.3 is 0 Å². The number of halogens is 1. The maximum absolute atomic E-state index is 14.1. The first-order valence-electron chi connectivity index (χ1n) is 10.5. The number of rotatable bonds is 7. The van der Waals surface area contributed by atoms with E-state index in [-0.39, 0.29) is 12.1 Å². The van der Waals surface area contributed by atoms with Gasteiger partial charge < -0.3 is 14.9 Å². The number of likely N-dealkylation sites (N-methyl/N-ethyl adjacent to an activating group) is 1. The predicted molar refractivity (Wildman–Crippen MR) is 126 cm³/mol. The van der Waals surface area contributed by atoms with Crippen molar-refractivity contribution in [2.45, 2.75) is 13.0 Å². The van der Waals surface area contributed by atoms with Crippen molar-refractivity contribution < 1.29 is 19.1 Å². The first-order valence-corrected chi connectivity index (χ1v) is 11.3. The predicted octanol–water partition coefficient (Wildman–Crippen LogP) is 4.40. The van der Waals surface area contributed by atoms with Gasteiger partial charge in [0.15, 0.2) is 5.76 Å². The van der Waals surface area contributed by atoms with Gasteiger partial charge in [-0.3, -0.25) is 9.59 Å². The lowest BCUT2D eigenvalue weighted by Crippen LogP contribution is -2.36. The highest BCUT2D eigenvalue weighted by Crippen LogP contribution is 2.41. The van der Waals surface area contributed by atoms with Gasteiger partial charge in [0.1, 0.15) is 10.8 Å². The highest BCUT2D eigenvalue weighted by Gasteiger charge is 2.44. The van der Waals surface area contributed by atoms with Gasteiger partial charge in [-0.15, -0.1) is 11.3 Å². The zero-order valence-corrected chi connectivity index (χ0v) is 19.4. The number of hydrogen-bond acceptors (Lipinski definition) is 6. The smallest absolute Gasteiger partial charge is 0.290 e. The lowest BCUT2D eigenvalue weighted by molar-refractivity contribution is -0.129. The normalized spacial score (nSPS) is 16.2. The third kappa shape index (κ3) is 4.44. The van der Waals surface area contributed by atoms with E-state index in [2.05, 4.69) is 4.98 Å². The molecule has 1 aromatic heterocycles. The van der Waals surface area contributed by atoms with Crippen molar-refractivity contribution in [2.75, 3.05) is 27.2 Å². The Kier molecular flexibility index (Phi) is 6.40. The zero-order chi connectivity index (χ0) is 23.7. The number of aliphatic hydroxyl groups excluding tert-OH is 1. The first kappa shape index (κ1) is 22.8. The van der Waals surface area contributed by atoms with Crippen molar-refractivity contribution in [2.24, 2.45) is 0 Å². The number of amides is 1. The summed E-state index contributed by atoms with van der Waals surface area (Å²) in [4.78, 5) is 34.9. The Morgan fingerprint density at radius 1 is 1.18 bits per heavy atom. The number of hydrogen-bond donors (Lipinski definition) is 1. The van der Waals surface area contributed by atoms with Crippen LogP contribution in [0.25, 0.3) is 10.6 Å². The number of aryl methyl sites for hydroxylation is 1. The molecule has 33 heavy (non-hydrogen) atoms. The Labute approximate surface area is 195 Å². The molecule has 6 nitrogen and oxygen atoms in total. The average Bonchev–Trinajstić information content (AvgIpc) is 3.30. The maximum atomic E-state index is 14.1. The molecule has 1 N–H and O–H groups in total. The van der Waals surface area contributed by atoms with Crippen LogP contribution in [-0.2, 0) is 4.79 Å². The Bertz CT molecular complexity index is 1240. The molecule has 1 aliphatic heterocycles. The van der Waals surface area contributed by atoms with E-state index in [1.165, 1.54) is 34.4 Å². The van der Waals surface area contributed by atoms with Gasteiger partial charge in [-0.05, 0) is 38.7 Å². The fourth-order valence-corrected chi connectivity index (χ4v) is 4.91. The third-order valence-corrected chi connectivity index (χ3v) is 6.73. The molecule has 0 bridgehead atoms. The number of thiazole rings is 1. The summed E-state index contributed by atoms with van der Waals surface area (Å²) in [7, 11) is 3.73. The molecule has 4 rings (SSSR count). The van der Waals surface area contributed by atoms with E-state index >= 15 is 0 Å². The molecular formula is C25H24FN3O3S. The molecule has 0 aliphatic carbocycles. The van der Waals surface area contributed by atoms with Crippen LogP contribution in [0, 0.1) is 12.7 Å². The second kappa shape index (κ2) is 9.25. The Balaban J connectivity index is 1.78. The fourth-order valence-electron chi connectivity index (χ4n) is 3.88. The van der Waals surface area contributed by atoms with E-state index in [1.807, 2.05) is 49.3 Å². The van der Waals surface area contributed by atoms with Crippen LogP contribution < -0.4 is 0 Å². The average molecular weight is 466 g/mol. The van der Waals surface area contributed by atoms with Gasteiger partial charge in [0, 0.05) is 18.7 Å². The van der Waals surface area contributed by atoms with Gasteiger partial charge in [0.2, 0.25) is 5.78 Å². The number of aliphatic hydroxyl groups is 1. The Morgan fingerprint density at radius 2 is 1.91 bits per heavy atom. The summed E-state index contributed by atoms with van der Waals surface area (Å²) in [5.41, 5.74) is 1.77.